The van der Waals surface area contributed by atoms with Crippen LogP contribution in [0.3, 0.4) is 0 Å². The monoisotopic (exact) mass is 204 g/mol. The number of fused-ring (bicyclic) bond motifs is 1. The van der Waals surface area contributed by atoms with Gasteiger partial charge in [-0.25, -0.2) is 4.98 Å². The molecule has 2 N–H and O–H groups in total. The third-order valence-corrected chi connectivity index (χ3v) is 2.92. The number of rotatable bonds is 3. The molecule has 1 aliphatic carbocycles. The molecule has 0 radical (unpaired) electrons. The maximum atomic E-state index is 9.23. The van der Waals surface area contributed by atoms with Gasteiger partial charge in [0, 0.05) is 6.20 Å². The van der Waals surface area contributed by atoms with Gasteiger partial charge < -0.3 is 14.8 Å². The first kappa shape index (κ1) is 8.73. The lowest BCUT2D eigenvalue weighted by atomic mass is 10.2. The second kappa shape index (κ2) is 2.97. The maximum Gasteiger partial charge on any atom is 0.139 e. The quantitative estimate of drug-likeness (QED) is 0.799. The van der Waals surface area contributed by atoms with E-state index in [1.807, 2.05) is 12.1 Å². The summed E-state index contributed by atoms with van der Waals surface area (Å²) in [5.41, 5.74) is 0.680. The van der Waals surface area contributed by atoms with Crippen molar-refractivity contribution in [1.82, 2.24) is 4.98 Å². The van der Waals surface area contributed by atoms with E-state index in [2.05, 4.69) is 10.3 Å². The number of aliphatic hydroxyl groups is 1. The van der Waals surface area contributed by atoms with Gasteiger partial charge >= 0.3 is 0 Å². The lowest BCUT2D eigenvalue weighted by Gasteiger charge is -2.15. The fraction of sp³-hybridized carbons (Fsp3) is 0.364. The molecule has 4 nitrogen and oxygen atoms in total. The summed E-state index contributed by atoms with van der Waals surface area (Å²) >= 11 is 0. The number of hydrogen-bond acceptors (Lipinski definition) is 4. The van der Waals surface area contributed by atoms with Crippen LogP contribution in [0.1, 0.15) is 12.8 Å². The Labute approximate surface area is 86.9 Å². The molecule has 2 aromatic heterocycles. The molecule has 0 saturated heterocycles. The number of furan rings is 1. The molecular formula is C11H12N2O2. The van der Waals surface area contributed by atoms with E-state index in [0.717, 1.165) is 29.6 Å². The Bertz CT molecular complexity index is 488. The highest BCUT2D eigenvalue weighted by Crippen LogP contribution is 2.39. The van der Waals surface area contributed by atoms with Gasteiger partial charge in [-0.05, 0) is 25.0 Å². The minimum Gasteiger partial charge on any atom is -0.464 e. The Morgan fingerprint density at radius 2 is 2.33 bits per heavy atom. The summed E-state index contributed by atoms with van der Waals surface area (Å²) in [5.74, 6) is 0.799. The van der Waals surface area contributed by atoms with Gasteiger partial charge in [0.05, 0.1) is 23.8 Å². The number of hydrogen-bond donors (Lipinski definition) is 2. The molecule has 0 amide bonds. The highest BCUT2D eigenvalue weighted by molar-refractivity contribution is 5.88. The fourth-order valence-corrected chi connectivity index (χ4v) is 1.72. The van der Waals surface area contributed by atoms with Crippen molar-refractivity contribution in [3.8, 4) is 0 Å². The van der Waals surface area contributed by atoms with Crippen molar-refractivity contribution in [2.45, 2.75) is 18.4 Å². The van der Waals surface area contributed by atoms with Crippen LogP contribution in [0, 0.1) is 0 Å². The van der Waals surface area contributed by atoms with Gasteiger partial charge in [0.2, 0.25) is 0 Å². The SMILES string of the molecule is OCC1(Nc2nccc3occc23)CC1. The van der Waals surface area contributed by atoms with Gasteiger partial charge in [0.1, 0.15) is 11.4 Å². The van der Waals surface area contributed by atoms with Crippen LogP contribution in [-0.4, -0.2) is 22.2 Å². The average molecular weight is 204 g/mol. The highest BCUT2D eigenvalue weighted by atomic mass is 16.3. The second-order valence-corrected chi connectivity index (χ2v) is 4.06. The van der Waals surface area contributed by atoms with Gasteiger partial charge in [0.15, 0.2) is 0 Å². The molecule has 2 heterocycles. The predicted molar refractivity (Wildman–Crippen MR) is 56.7 cm³/mol. The molecule has 3 rings (SSSR count). The summed E-state index contributed by atoms with van der Waals surface area (Å²) in [6.45, 7) is 0.156. The van der Waals surface area contributed by atoms with Crippen molar-refractivity contribution in [1.29, 1.82) is 0 Å². The third kappa shape index (κ3) is 1.37. The van der Waals surface area contributed by atoms with E-state index < -0.39 is 0 Å². The summed E-state index contributed by atoms with van der Waals surface area (Å²) in [5, 5.41) is 13.5. The Balaban J connectivity index is 2.00. The van der Waals surface area contributed by atoms with E-state index in [4.69, 9.17) is 4.42 Å². The molecule has 0 bridgehead atoms. The minimum absolute atomic E-state index is 0.140. The summed E-state index contributed by atoms with van der Waals surface area (Å²) in [4.78, 5) is 4.27. The van der Waals surface area contributed by atoms with Crippen molar-refractivity contribution < 1.29 is 9.52 Å². The van der Waals surface area contributed by atoms with Crippen LogP contribution in [0.5, 0.6) is 0 Å². The minimum atomic E-state index is -0.140. The lowest BCUT2D eigenvalue weighted by molar-refractivity contribution is 0.266. The first-order chi connectivity index (χ1) is 7.33. The van der Waals surface area contributed by atoms with E-state index in [-0.39, 0.29) is 12.1 Å². The maximum absolute atomic E-state index is 9.23. The molecule has 1 aliphatic rings. The van der Waals surface area contributed by atoms with Crippen LogP contribution < -0.4 is 5.32 Å². The van der Waals surface area contributed by atoms with Crippen LogP contribution >= 0.6 is 0 Å². The Morgan fingerprint density at radius 3 is 3.07 bits per heavy atom. The Morgan fingerprint density at radius 1 is 1.47 bits per heavy atom. The molecule has 0 atom stereocenters. The first-order valence-electron chi connectivity index (χ1n) is 5.04. The van der Waals surface area contributed by atoms with Gasteiger partial charge in [-0.1, -0.05) is 0 Å². The van der Waals surface area contributed by atoms with E-state index in [9.17, 15) is 5.11 Å². The number of aromatic nitrogens is 1. The predicted octanol–water partition coefficient (Wildman–Crippen LogP) is 1.76. The van der Waals surface area contributed by atoms with Crippen LogP contribution in [0.25, 0.3) is 11.0 Å². The topological polar surface area (TPSA) is 58.3 Å². The smallest absolute Gasteiger partial charge is 0.139 e. The van der Waals surface area contributed by atoms with Crippen molar-refractivity contribution in [2.75, 3.05) is 11.9 Å². The number of aliphatic hydroxyl groups excluding tert-OH is 1. The first-order valence-corrected chi connectivity index (χ1v) is 5.04. The summed E-state index contributed by atoms with van der Waals surface area (Å²) < 4.78 is 5.28. The van der Waals surface area contributed by atoms with Gasteiger partial charge in [-0.15, -0.1) is 0 Å². The number of pyridine rings is 1. The zero-order valence-electron chi connectivity index (χ0n) is 8.23. The standard InChI is InChI=1S/C11H12N2O2/c14-7-11(3-4-11)13-10-8-2-6-15-9(8)1-5-12-10/h1-2,5-6,14H,3-4,7H2,(H,12,13). The summed E-state index contributed by atoms with van der Waals surface area (Å²) in [7, 11) is 0. The third-order valence-electron chi connectivity index (χ3n) is 2.92. The number of nitrogens with one attached hydrogen (secondary N) is 1. The normalized spacial score (nSPS) is 17.9. The van der Waals surface area contributed by atoms with Crippen LogP contribution in [0.2, 0.25) is 0 Å². The zero-order valence-corrected chi connectivity index (χ0v) is 8.23. The molecular weight excluding hydrogens is 192 g/mol. The Kier molecular flexibility index (Phi) is 1.73. The molecule has 1 fully saturated rings. The van der Waals surface area contributed by atoms with Crippen LogP contribution in [0.15, 0.2) is 29.0 Å². The second-order valence-electron chi connectivity index (χ2n) is 4.06. The number of anilines is 1. The molecule has 0 aliphatic heterocycles. The fourth-order valence-electron chi connectivity index (χ4n) is 1.72. The number of nitrogens with zero attached hydrogens (tertiary/aromatic N) is 1. The molecule has 4 heteroatoms. The lowest BCUT2D eigenvalue weighted by Crippen LogP contribution is -2.26. The molecule has 1 saturated carbocycles. The summed E-state index contributed by atoms with van der Waals surface area (Å²) in [6, 6.07) is 3.72. The molecule has 0 unspecified atom stereocenters. The highest BCUT2D eigenvalue weighted by Gasteiger charge is 2.42. The van der Waals surface area contributed by atoms with E-state index >= 15 is 0 Å². The van der Waals surface area contributed by atoms with E-state index in [1.54, 1.807) is 12.5 Å². The molecule has 0 aromatic carbocycles. The van der Waals surface area contributed by atoms with Crippen LogP contribution in [0.4, 0.5) is 5.82 Å². The van der Waals surface area contributed by atoms with Crippen molar-refractivity contribution in [3.63, 3.8) is 0 Å². The van der Waals surface area contributed by atoms with Crippen molar-refractivity contribution >= 4 is 16.8 Å². The average Bonchev–Trinajstić information content (AvgIpc) is 2.87. The van der Waals surface area contributed by atoms with Crippen LogP contribution in [-0.2, 0) is 0 Å². The van der Waals surface area contributed by atoms with Gasteiger partial charge in [-0.2, -0.15) is 0 Å². The Hall–Kier alpha value is -1.55. The largest absolute Gasteiger partial charge is 0.464 e. The van der Waals surface area contributed by atoms with E-state index in [1.165, 1.54) is 0 Å². The van der Waals surface area contributed by atoms with Gasteiger partial charge in [0.25, 0.3) is 0 Å². The molecule has 15 heavy (non-hydrogen) atoms. The molecule has 2 aromatic rings. The molecule has 78 valence electrons. The van der Waals surface area contributed by atoms with Gasteiger partial charge in [-0.3, -0.25) is 0 Å². The van der Waals surface area contributed by atoms with Crippen molar-refractivity contribution in [2.24, 2.45) is 0 Å². The zero-order chi connectivity index (χ0) is 10.3. The van der Waals surface area contributed by atoms with E-state index in [0.29, 0.717) is 0 Å². The summed E-state index contributed by atoms with van der Waals surface area (Å²) in [6.07, 6.45) is 5.36. The van der Waals surface area contributed by atoms with Crippen molar-refractivity contribution in [3.05, 3.63) is 24.6 Å². The molecule has 0 spiro atoms.